The summed E-state index contributed by atoms with van der Waals surface area (Å²) in [6, 6.07) is 0.855. The lowest BCUT2D eigenvalue weighted by atomic mass is 9.94. The van der Waals surface area contributed by atoms with Crippen molar-refractivity contribution in [2.24, 2.45) is 11.8 Å². The summed E-state index contributed by atoms with van der Waals surface area (Å²) >= 11 is 0. The number of ether oxygens (including phenoxy) is 1. The smallest absolute Gasteiger partial charge is 0.407 e. The molecule has 4 nitrogen and oxygen atoms in total. The Labute approximate surface area is 136 Å². The van der Waals surface area contributed by atoms with Gasteiger partial charge in [-0.05, 0) is 51.9 Å². The minimum absolute atomic E-state index is 0.310. The van der Waals surface area contributed by atoms with Gasteiger partial charge in [-0.1, -0.05) is 33.6 Å². The molecule has 1 amide bonds. The number of rotatable bonds is 7. The molecule has 0 aliphatic heterocycles. The molecule has 2 N–H and O–H groups in total. The van der Waals surface area contributed by atoms with Crippen molar-refractivity contribution in [2.45, 2.75) is 91.3 Å². The maximum atomic E-state index is 11.9. The zero-order chi connectivity index (χ0) is 16.8. The standard InChI is InChI=1S/C18H36N2O2/c1-7-15(13(2)3)20-16(14-10-8-9-11-14)12-19-17(21)22-18(4,5)6/h13-16,20H,7-12H2,1-6H3,(H,19,21). The molecule has 1 aliphatic carbocycles. The molecule has 0 heterocycles. The second-order valence-electron chi connectivity index (χ2n) is 7.96. The van der Waals surface area contributed by atoms with E-state index in [1.807, 2.05) is 20.8 Å². The van der Waals surface area contributed by atoms with Crippen LogP contribution in [-0.2, 0) is 4.74 Å². The maximum absolute atomic E-state index is 11.9. The van der Waals surface area contributed by atoms with Gasteiger partial charge in [-0.25, -0.2) is 4.79 Å². The van der Waals surface area contributed by atoms with Crippen molar-refractivity contribution >= 4 is 6.09 Å². The molecule has 130 valence electrons. The molecule has 0 radical (unpaired) electrons. The van der Waals surface area contributed by atoms with E-state index in [2.05, 4.69) is 31.4 Å². The van der Waals surface area contributed by atoms with E-state index in [0.29, 0.717) is 30.5 Å². The minimum Gasteiger partial charge on any atom is -0.444 e. The highest BCUT2D eigenvalue weighted by atomic mass is 16.6. The first-order valence-electron chi connectivity index (χ1n) is 8.95. The van der Waals surface area contributed by atoms with Gasteiger partial charge in [0, 0.05) is 18.6 Å². The molecule has 4 heteroatoms. The molecule has 0 aromatic rings. The van der Waals surface area contributed by atoms with Crippen LogP contribution in [0.15, 0.2) is 0 Å². The topological polar surface area (TPSA) is 50.4 Å². The average Bonchev–Trinajstić information content (AvgIpc) is 2.90. The van der Waals surface area contributed by atoms with Gasteiger partial charge in [-0.15, -0.1) is 0 Å². The molecule has 0 spiro atoms. The third kappa shape index (κ3) is 6.99. The van der Waals surface area contributed by atoms with Gasteiger partial charge in [0.25, 0.3) is 0 Å². The largest absolute Gasteiger partial charge is 0.444 e. The Kier molecular flexibility index (Phi) is 7.67. The highest BCUT2D eigenvalue weighted by Gasteiger charge is 2.28. The molecular weight excluding hydrogens is 276 g/mol. The van der Waals surface area contributed by atoms with E-state index in [9.17, 15) is 4.79 Å². The fraction of sp³-hybridized carbons (Fsp3) is 0.944. The molecule has 22 heavy (non-hydrogen) atoms. The molecule has 0 aromatic carbocycles. The highest BCUT2D eigenvalue weighted by molar-refractivity contribution is 5.67. The molecular formula is C18H36N2O2. The van der Waals surface area contributed by atoms with E-state index in [1.54, 1.807) is 0 Å². The summed E-state index contributed by atoms with van der Waals surface area (Å²) in [5.74, 6) is 1.28. The van der Waals surface area contributed by atoms with Crippen LogP contribution < -0.4 is 10.6 Å². The molecule has 0 bridgehead atoms. The minimum atomic E-state index is -0.440. The second-order valence-corrected chi connectivity index (χ2v) is 7.96. The third-order valence-corrected chi connectivity index (χ3v) is 4.51. The van der Waals surface area contributed by atoms with E-state index in [1.165, 1.54) is 25.7 Å². The van der Waals surface area contributed by atoms with Gasteiger partial charge >= 0.3 is 6.09 Å². The number of amides is 1. The Morgan fingerprint density at radius 2 is 1.82 bits per heavy atom. The summed E-state index contributed by atoms with van der Waals surface area (Å²) in [5.41, 5.74) is -0.440. The number of hydrogen-bond donors (Lipinski definition) is 2. The Hall–Kier alpha value is -0.770. The van der Waals surface area contributed by atoms with E-state index in [-0.39, 0.29) is 6.09 Å². The number of carbonyl (C=O) groups is 1. The van der Waals surface area contributed by atoms with E-state index in [4.69, 9.17) is 4.74 Å². The Bertz CT molecular complexity index is 330. The fourth-order valence-corrected chi connectivity index (χ4v) is 3.29. The highest BCUT2D eigenvalue weighted by Crippen LogP contribution is 2.28. The van der Waals surface area contributed by atoms with Crippen LogP contribution in [0.25, 0.3) is 0 Å². The van der Waals surface area contributed by atoms with Gasteiger partial charge in [0.2, 0.25) is 0 Å². The summed E-state index contributed by atoms with van der Waals surface area (Å²) in [6.45, 7) is 13.1. The molecule has 0 saturated heterocycles. The monoisotopic (exact) mass is 312 g/mol. The van der Waals surface area contributed by atoms with Crippen molar-refractivity contribution in [1.82, 2.24) is 10.6 Å². The molecule has 2 atom stereocenters. The Morgan fingerprint density at radius 1 is 1.23 bits per heavy atom. The first-order chi connectivity index (χ1) is 10.2. The number of hydrogen-bond acceptors (Lipinski definition) is 3. The molecule has 1 aliphatic rings. The van der Waals surface area contributed by atoms with Crippen molar-refractivity contribution in [3.63, 3.8) is 0 Å². The number of carbonyl (C=O) groups excluding carboxylic acids is 1. The number of nitrogens with one attached hydrogen (secondary N) is 2. The first-order valence-corrected chi connectivity index (χ1v) is 8.95. The van der Waals surface area contributed by atoms with Crippen LogP contribution >= 0.6 is 0 Å². The van der Waals surface area contributed by atoms with Gasteiger partial charge in [0.15, 0.2) is 0 Å². The lowest BCUT2D eigenvalue weighted by molar-refractivity contribution is 0.0516. The molecule has 1 fully saturated rings. The maximum Gasteiger partial charge on any atom is 0.407 e. The van der Waals surface area contributed by atoms with Gasteiger partial charge in [-0.2, -0.15) is 0 Å². The van der Waals surface area contributed by atoms with Crippen molar-refractivity contribution in [1.29, 1.82) is 0 Å². The van der Waals surface area contributed by atoms with Crippen LogP contribution in [0, 0.1) is 11.8 Å². The van der Waals surface area contributed by atoms with Crippen LogP contribution in [0.1, 0.15) is 73.6 Å². The fourth-order valence-electron chi connectivity index (χ4n) is 3.29. The SMILES string of the molecule is CCC(NC(CNC(=O)OC(C)(C)C)C1CCCC1)C(C)C. The van der Waals surface area contributed by atoms with Crippen LogP contribution in [0.4, 0.5) is 4.79 Å². The summed E-state index contributed by atoms with van der Waals surface area (Å²) in [6.07, 6.45) is 5.97. The zero-order valence-electron chi connectivity index (χ0n) is 15.4. The van der Waals surface area contributed by atoms with Gasteiger partial charge < -0.3 is 15.4 Å². The van der Waals surface area contributed by atoms with Crippen molar-refractivity contribution < 1.29 is 9.53 Å². The quantitative estimate of drug-likeness (QED) is 0.744. The zero-order valence-corrected chi connectivity index (χ0v) is 15.4. The second kappa shape index (κ2) is 8.76. The molecule has 1 saturated carbocycles. The van der Waals surface area contributed by atoms with Crippen LogP contribution in [0.3, 0.4) is 0 Å². The first kappa shape index (κ1) is 19.3. The normalized spacial score (nSPS) is 19.2. The molecule has 0 aromatic heterocycles. The molecule has 2 unspecified atom stereocenters. The van der Waals surface area contributed by atoms with E-state index in [0.717, 1.165) is 6.42 Å². The van der Waals surface area contributed by atoms with Crippen molar-refractivity contribution in [3.8, 4) is 0 Å². The van der Waals surface area contributed by atoms with Gasteiger partial charge in [-0.3, -0.25) is 0 Å². The summed E-state index contributed by atoms with van der Waals surface area (Å²) in [7, 11) is 0. The van der Waals surface area contributed by atoms with Crippen LogP contribution in [-0.4, -0.2) is 30.3 Å². The van der Waals surface area contributed by atoms with Crippen molar-refractivity contribution in [3.05, 3.63) is 0 Å². The van der Waals surface area contributed by atoms with Crippen LogP contribution in [0.5, 0.6) is 0 Å². The molecule has 1 rings (SSSR count). The van der Waals surface area contributed by atoms with E-state index < -0.39 is 5.60 Å². The van der Waals surface area contributed by atoms with Crippen molar-refractivity contribution in [2.75, 3.05) is 6.54 Å². The average molecular weight is 312 g/mol. The lowest BCUT2D eigenvalue weighted by Gasteiger charge is -2.32. The number of alkyl carbamates (subject to hydrolysis) is 1. The summed E-state index contributed by atoms with van der Waals surface area (Å²) in [4.78, 5) is 11.9. The summed E-state index contributed by atoms with van der Waals surface area (Å²) in [5, 5.41) is 6.75. The predicted octanol–water partition coefficient (Wildman–Crippen LogP) is 4.09. The van der Waals surface area contributed by atoms with Gasteiger partial charge in [0.05, 0.1) is 0 Å². The Balaban J connectivity index is 2.56. The third-order valence-electron chi connectivity index (χ3n) is 4.51. The Morgan fingerprint density at radius 3 is 2.27 bits per heavy atom. The van der Waals surface area contributed by atoms with E-state index >= 15 is 0 Å². The summed E-state index contributed by atoms with van der Waals surface area (Å²) < 4.78 is 5.35. The van der Waals surface area contributed by atoms with Crippen LogP contribution in [0.2, 0.25) is 0 Å². The predicted molar refractivity (Wildman–Crippen MR) is 92.0 cm³/mol. The lowest BCUT2D eigenvalue weighted by Crippen LogP contribution is -2.50. The van der Waals surface area contributed by atoms with Gasteiger partial charge in [0.1, 0.15) is 5.60 Å².